The lowest BCUT2D eigenvalue weighted by molar-refractivity contribution is -0.0305. The number of morpholine rings is 1. The largest absolute Gasteiger partial charge is 0.379 e. The van der Waals surface area contributed by atoms with Crippen LogP contribution in [0.5, 0.6) is 0 Å². The molecule has 3 unspecified atom stereocenters. The lowest BCUT2D eigenvalue weighted by Gasteiger charge is -2.46. The van der Waals surface area contributed by atoms with Gasteiger partial charge in [-0.25, -0.2) is 0 Å². The van der Waals surface area contributed by atoms with Gasteiger partial charge in [-0.3, -0.25) is 4.90 Å². The summed E-state index contributed by atoms with van der Waals surface area (Å²) in [4.78, 5) is 2.67. The third-order valence-corrected chi connectivity index (χ3v) is 4.98. The van der Waals surface area contributed by atoms with Crippen molar-refractivity contribution in [1.82, 2.24) is 10.2 Å². The fourth-order valence-electron chi connectivity index (χ4n) is 3.95. The molecule has 19 heavy (non-hydrogen) atoms. The first kappa shape index (κ1) is 15.3. The van der Waals surface area contributed by atoms with E-state index in [0.717, 1.165) is 32.2 Å². The van der Waals surface area contributed by atoms with Gasteiger partial charge in [-0.2, -0.15) is 0 Å². The average molecular weight is 268 g/mol. The Balaban J connectivity index is 1.99. The Labute approximate surface area is 119 Å². The number of hydrogen-bond donors (Lipinski definition) is 1. The highest BCUT2D eigenvalue weighted by Crippen LogP contribution is 2.40. The number of hydrogen-bond acceptors (Lipinski definition) is 3. The molecule has 2 fully saturated rings. The first-order valence-electron chi connectivity index (χ1n) is 8.18. The molecule has 1 heterocycles. The smallest absolute Gasteiger partial charge is 0.0619 e. The van der Waals surface area contributed by atoms with E-state index in [-0.39, 0.29) is 0 Å². The summed E-state index contributed by atoms with van der Waals surface area (Å²) in [7, 11) is 0. The van der Waals surface area contributed by atoms with Gasteiger partial charge in [0, 0.05) is 25.7 Å². The molecule has 3 nitrogen and oxygen atoms in total. The summed E-state index contributed by atoms with van der Waals surface area (Å²) in [5, 5.41) is 3.63. The van der Waals surface area contributed by atoms with E-state index in [0.29, 0.717) is 11.5 Å². The molecule has 0 radical (unpaired) electrons. The molecule has 2 rings (SSSR count). The number of rotatable bonds is 5. The van der Waals surface area contributed by atoms with Crippen molar-refractivity contribution in [3.05, 3.63) is 0 Å². The molecule has 0 aromatic heterocycles. The minimum atomic E-state index is 0.499. The summed E-state index contributed by atoms with van der Waals surface area (Å²) in [6.07, 6.45) is 5.62. The maximum absolute atomic E-state index is 5.58. The molecule has 0 aromatic carbocycles. The van der Waals surface area contributed by atoms with Crippen molar-refractivity contribution in [1.29, 1.82) is 0 Å². The van der Waals surface area contributed by atoms with E-state index >= 15 is 0 Å². The summed E-state index contributed by atoms with van der Waals surface area (Å²) in [5.74, 6) is 0.892. The van der Waals surface area contributed by atoms with Gasteiger partial charge < -0.3 is 10.1 Å². The number of nitrogens with one attached hydrogen (secondary N) is 1. The SMILES string of the molecule is CCNCC1(CN2CCOCC2C)CCCC(C)C1. The maximum Gasteiger partial charge on any atom is 0.0619 e. The minimum absolute atomic E-state index is 0.499. The Hall–Kier alpha value is -0.120. The quantitative estimate of drug-likeness (QED) is 0.829. The third kappa shape index (κ3) is 4.17. The molecule has 0 bridgehead atoms. The van der Waals surface area contributed by atoms with Crippen LogP contribution in [0.15, 0.2) is 0 Å². The van der Waals surface area contributed by atoms with Crippen molar-refractivity contribution in [2.24, 2.45) is 11.3 Å². The van der Waals surface area contributed by atoms with Crippen LogP contribution < -0.4 is 5.32 Å². The highest BCUT2D eigenvalue weighted by Gasteiger charge is 2.37. The van der Waals surface area contributed by atoms with E-state index in [1.807, 2.05) is 0 Å². The Morgan fingerprint density at radius 2 is 2.21 bits per heavy atom. The van der Waals surface area contributed by atoms with Crippen LogP contribution in [0.25, 0.3) is 0 Å². The van der Waals surface area contributed by atoms with Crippen LogP contribution in [0.3, 0.4) is 0 Å². The van der Waals surface area contributed by atoms with Crippen molar-refractivity contribution in [3.8, 4) is 0 Å². The van der Waals surface area contributed by atoms with Gasteiger partial charge in [0.05, 0.1) is 13.2 Å². The number of nitrogens with zero attached hydrogens (tertiary/aromatic N) is 1. The zero-order valence-corrected chi connectivity index (χ0v) is 13.1. The van der Waals surface area contributed by atoms with Gasteiger partial charge in [0.2, 0.25) is 0 Å². The lowest BCUT2D eigenvalue weighted by atomic mass is 9.69. The van der Waals surface area contributed by atoms with Crippen LogP contribution in [-0.2, 0) is 4.74 Å². The van der Waals surface area contributed by atoms with Gasteiger partial charge in [-0.1, -0.05) is 26.7 Å². The lowest BCUT2D eigenvalue weighted by Crippen LogP contribution is -2.52. The van der Waals surface area contributed by atoms with E-state index in [2.05, 4.69) is 31.0 Å². The second-order valence-corrected chi connectivity index (χ2v) is 6.88. The van der Waals surface area contributed by atoms with Gasteiger partial charge >= 0.3 is 0 Å². The van der Waals surface area contributed by atoms with E-state index in [9.17, 15) is 0 Å². The van der Waals surface area contributed by atoms with E-state index in [4.69, 9.17) is 4.74 Å². The van der Waals surface area contributed by atoms with Gasteiger partial charge in [0.1, 0.15) is 0 Å². The highest BCUT2D eigenvalue weighted by molar-refractivity contribution is 4.91. The van der Waals surface area contributed by atoms with E-state index in [1.165, 1.54) is 38.8 Å². The van der Waals surface area contributed by atoms with Gasteiger partial charge in [0.15, 0.2) is 0 Å². The third-order valence-electron chi connectivity index (χ3n) is 4.98. The van der Waals surface area contributed by atoms with Crippen LogP contribution in [0.4, 0.5) is 0 Å². The summed E-state index contributed by atoms with van der Waals surface area (Å²) in [5.41, 5.74) is 0.499. The molecule has 2 aliphatic rings. The molecule has 0 aromatic rings. The van der Waals surface area contributed by atoms with Crippen LogP contribution in [0, 0.1) is 11.3 Å². The number of ether oxygens (including phenoxy) is 1. The molecule has 0 amide bonds. The predicted octanol–water partition coefficient (Wildman–Crippen LogP) is 2.51. The summed E-state index contributed by atoms with van der Waals surface area (Å²) in [6, 6.07) is 0.587. The Bertz CT molecular complexity index is 271. The molecular formula is C16H32N2O. The molecule has 3 heteroatoms. The standard InChI is InChI=1S/C16H32N2O/c1-4-17-12-16(7-5-6-14(2)10-16)13-18-8-9-19-11-15(18)3/h14-15,17H,4-13H2,1-3H3. The van der Waals surface area contributed by atoms with E-state index < -0.39 is 0 Å². The van der Waals surface area contributed by atoms with Gasteiger partial charge in [-0.15, -0.1) is 0 Å². The first-order chi connectivity index (χ1) is 9.15. The van der Waals surface area contributed by atoms with Crippen LogP contribution in [-0.4, -0.2) is 50.3 Å². The molecule has 1 saturated heterocycles. The first-order valence-corrected chi connectivity index (χ1v) is 8.18. The molecule has 1 N–H and O–H groups in total. The molecular weight excluding hydrogens is 236 g/mol. The second-order valence-electron chi connectivity index (χ2n) is 6.88. The van der Waals surface area contributed by atoms with Crippen LogP contribution >= 0.6 is 0 Å². The maximum atomic E-state index is 5.58. The topological polar surface area (TPSA) is 24.5 Å². The minimum Gasteiger partial charge on any atom is -0.379 e. The van der Waals surface area contributed by atoms with Crippen molar-refractivity contribution in [2.45, 2.75) is 52.5 Å². The molecule has 0 spiro atoms. The van der Waals surface area contributed by atoms with Crippen molar-refractivity contribution >= 4 is 0 Å². The fraction of sp³-hybridized carbons (Fsp3) is 1.00. The van der Waals surface area contributed by atoms with Crippen molar-refractivity contribution < 1.29 is 4.74 Å². The summed E-state index contributed by atoms with van der Waals surface area (Å²) < 4.78 is 5.58. The van der Waals surface area contributed by atoms with Gasteiger partial charge in [-0.05, 0) is 37.6 Å². The van der Waals surface area contributed by atoms with Crippen LogP contribution in [0.1, 0.15) is 46.5 Å². The second kappa shape index (κ2) is 7.05. The molecule has 3 atom stereocenters. The Morgan fingerprint density at radius 3 is 2.89 bits per heavy atom. The Kier molecular flexibility index (Phi) is 5.67. The summed E-state index contributed by atoms with van der Waals surface area (Å²) >= 11 is 0. The fourth-order valence-corrected chi connectivity index (χ4v) is 3.95. The molecule has 1 aliphatic heterocycles. The van der Waals surface area contributed by atoms with E-state index in [1.54, 1.807) is 0 Å². The molecule has 112 valence electrons. The zero-order chi connectivity index (χ0) is 13.7. The van der Waals surface area contributed by atoms with Crippen molar-refractivity contribution in [3.63, 3.8) is 0 Å². The highest BCUT2D eigenvalue weighted by atomic mass is 16.5. The molecule has 1 saturated carbocycles. The van der Waals surface area contributed by atoms with Gasteiger partial charge in [0.25, 0.3) is 0 Å². The monoisotopic (exact) mass is 268 g/mol. The summed E-state index contributed by atoms with van der Waals surface area (Å²) in [6.45, 7) is 13.4. The Morgan fingerprint density at radius 1 is 1.37 bits per heavy atom. The van der Waals surface area contributed by atoms with Crippen LogP contribution in [0.2, 0.25) is 0 Å². The average Bonchev–Trinajstić information content (AvgIpc) is 2.39. The zero-order valence-electron chi connectivity index (χ0n) is 13.1. The predicted molar refractivity (Wildman–Crippen MR) is 80.5 cm³/mol. The normalized spacial score (nSPS) is 37.4. The molecule has 1 aliphatic carbocycles. The van der Waals surface area contributed by atoms with Crippen molar-refractivity contribution in [2.75, 3.05) is 39.4 Å².